The Morgan fingerprint density at radius 3 is 2.35 bits per heavy atom. The Morgan fingerprint density at radius 1 is 1.00 bits per heavy atom. The highest BCUT2D eigenvalue weighted by Crippen LogP contribution is 2.35. The summed E-state index contributed by atoms with van der Waals surface area (Å²) in [6.45, 7) is 0. The van der Waals surface area contributed by atoms with Crippen molar-refractivity contribution in [3.05, 3.63) is 78.1 Å². The first kappa shape index (κ1) is 16.5. The number of benzene rings is 2. The van der Waals surface area contributed by atoms with Gasteiger partial charge in [0, 0.05) is 0 Å². The van der Waals surface area contributed by atoms with Crippen molar-refractivity contribution >= 4 is 5.91 Å². The number of para-hydroxylation sites is 1. The quantitative estimate of drug-likeness (QED) is 0.761. The molecule has 3 aromatic rings. The van der Waals surface area contributed by atoms with Crippen LogP contribution in [0.3, 0.4) is 0 Å². The molecule has 0 spiro atoms. The lowest BCUT2D eigenvalue weighted by molar-refractivity contribution is 0.0916. The van der Waals surface area contributed by atoms with E-state index >= 15 is 0 Å². The number of hydrogen-bond acceptors (Lipinski definition) is 3. The van der Waals surface area contributed by atoms with Crippen molar-refractivity contribution in [2.24, 2.45) is 5.92 Å². The zero-order chi connectivity index (χ0) is 17.8. The lowest BCUT2D eigenvalue weighted by atomic mass is 9.91. The van der Waals surface area contributed by atoms with Crippen LogP contribution in [0.15, 0.2) is 66.9 Å². The summed E-state index contributed by atoms with van der Waals surface area (Å²) in [4.78, 5) is 12.8. The van der Waals surface area contributed by atoms with Gasteiger partial charge in [0.1, 0.15) is 0 Å². The predicted molar refractivity (Wildman–Crippen MR) is 100.0 cm³/mol. The largest absolute Gasteiger partial charge is 0.344 e. The van der Waals surface area contributed by atoms with E-state index in [9.17, 15) is 4.79 Å². The average Bonchev–Trinajstić information content (AvgIpc) is 3.39. The molecule has 0 saturated heterocycles. The van der Waals surface area contributed by atoms with Gasteiger partial charge in [0.05, 0.1) is 17.9 Å². The average molecular weight is 346 g/mol. The van der Waals surface area contributed by atoms with Crippen LogP contribution in [0.1, 0.15) is 47.8 Å². The molecule has 0 radical (unpaired) electrons. The van der Waals surface area contributed by atoms with E-state index in [0.29, 0.717) is 11.6 Å². The van der Waals surface area contributed by atoms with E-state index in [1.165, 1.54) is 12.8 Å². The summed E-state index contributed by atoms with van der Waals surface area (Å²) in [6, 6.07) is 19.9. The number of nitrogens with zero attached hydrogens (tertiary/aromatic N) is 3. The fourth-order valence-electron chi connectivity index (χ4n) is 3.71. The first-order valence-electron chi connectivity index (χ1n) is 9.15. The molecule has 1 atom stereocenters. The van der Waals surface area contributed by atoms with Crippen molar-refractivity contribution in [2.45, 2.75) is 31.7 Å². The molecule has 0 aliphatic heterocycles. The van der Waals surface area contributed by atoms with Crippen LogP contribution in [0.25, 0.3) is 5.69 Å². The van der Waals surface area contributed by atoms with Crippen LogP contribution < -0.4 is 5.32 Å². The molecule has 0 bridgehead atoms. The fraction of sp³-hybridized carbons (Fsp3) is 0.286. The second-order valence-electron chi connectivity index (χ2n) is 6.79. The van der Waals surface area contributed by atoms with E-state index in [4.69, 9.17) is 0 Å². The van der Waals surface area contributed by atoms with Crippen molar-refractivity contribution < 1.29 is 4.79 Å². The van der Waals surface area contributed by atoms with Gasteiger partial charge in [0.15, 0.2) is 5.69 Å². The second-order valence-corrected chi connectivity index (χ2v) is 6.79. The summed E-state index contributed by atoms with van der Waals surface area (Å²) >= 11 is 0. The summed E-state index contributed by atoms with van der Waals surface area (Å²) in [5.74, 6) is 0.304. The highest BCUT2D eigenvalue weighted by atomic mass is 16.2. The second kappa shape index (κ2) is 7.52. The highest BCUT2D eigenvalue weighted by Gasteiger charge is 2.28. The SMILES string of the molecule is O=C(NC(c1ccccc1)C1CCCC1)c1cn(-c2ccccc2)nn1. The minimum absolute atomic E-state index is 0.0214. The van der Waals surface area contributed by atoms with Crippen LogP contribution in [-0.4, -0.2) is 20.9 Å². The van der Waals surface area contributed by atoms with E-state index in [-0.39, 0.29) is 11.9 Å². The Morgan fingerprint density at radius 2 is 1.65 bits per heavy atom. The minimum atomic E-state index is -0.173. The van der Waals surface area contributed by atoms with Crippen molar-refractivity contribution in [3.63, 3.8) is 0 Å². The zero-order valence-corrected chi connectivity index (χ0v) is 14.6. The maximum absolute atomic E-state index is 12.8. The Balaban J connectivity index is 1.54. The van der Waals surface area contributed by atoms with Crippen LogP contribution in [-0.2, 0) is 0 Å². The molecule has 5 nitrogen and oxygen atoms in total. The Bertz CT molecular complexity index is 854. The van der Waals surface area contributed by atoms with Crippen LogP contribution in [0.2, 0.25) is 0 Å². The molecular formula is C21H22N4O. The third kappa shape index (κ3) is 3.52. The highest BCUT2D eigenvalue weighted by molar-refractivity contribution is 5.92. The summed E-state index contributed by atoms with van der Waals surface area (Å²) in [5.41, 5.74) is 2.38. The Kier molecular flexibility index (Phi) is 4.78. The summed E-state index contributed by atoms with van der Waals surface area (Å²) < 4.78 is 1.63. The lowest BCUT2D eigenvalue weighted by Crippen LogP contribution is -2.33. The van der Waals surface area contributed by atoms with E-state index < -0.39 is 0 Å². The van der Waals surface area contributed by atoms with Gasteiger partial charge in [0.25, 0.3) is 5.91 Å². The van der Waals surface area contributed by atoms with Gasteiger partial charge >= 0.3 is 0 Å². The predicted octanol–water partition coefficient (Wildman–Crippen LogP) is 3.93. The molecule has 1 fully saturated rings. The van der Waals surface area contributed by atoms with Crippen molar-refractivity contribution in [2.75, 3.05) is 0 Å². The number of amides is 1. The molecule has 4 rings (SSSR count). The maximum atomic E-state index is 12.8. The summed E-state index contributed by atoms with van der Waals surface area (Å²) in [6.07, 6.45) is 6.44. The van der Waals surface area contributed by atoms with E-state index in [1.807, 2.05) is 48.5 Å². The van der Waals surface area contributed by atoms with Gasteiger partial charge in [-0.15, -0.1) is 5.10 Å². The normalized spacial score (nSPS) is 15.7. The molecule has 1 saturated carbocycles. The topological polar surface area (TPSA) is 59.8 Å². The Labute approximate surface area is 153 Å². The van der Waals surface area contributed by atoms with Gasteiger partial charge in [-0.2, -0.15) is 0 Å². The van der Waals surface area contributed by atoms with Crippen LogP contribution in [0.4, 0.5) is 0 Å². The third-order valence-corrected chi connectivity index (χ3v) is 5.06. The Hall–Kier alpha value is -2.95. The van der Waals surface area contributed by atoms with Gasteiger partial charge in [-0.05, 0) is 36.5 Å². The molecule has 132 valence electrons. The van der Waals surface area contributed by atoms with Crippen LogP contribution in [0, 0.1) is 5.92 Å². The lowest BCUT2D eigenvalue weighted by Gasteiger charge is -2.24. The molecule has 1 N–H and O–H groups in total. The van der Waals surface area contributed by atoms with Crippen LogP contribution >= 0.6 is 0 Å². The monoisotopic (exact) mass is 346 g/mol. The molecule has 1 aromatic heterocycles. The number of carbonyl (C=O) groups excluding carboxylic acids is 1. The molecule has 1 heterocycles. The molecule has 1 amide bonds. The molecular weight excluding hydrogens is 324 g/mol. The number of carbonyl (C=O) groups is 1. The third-order valence-electron chi connectivity index (χ3n) is 5.06. The molecule has 5 heteroatoms. The van der Waals surface area contributed by atoms with Crippen LogP contribution in [0.5, 0.6) is 0 Å². The van der Waals surface area contributed by atoms with Gasteiger partial charge in [-0.1, -0.05) is 66.6 Å². The van der Waals surface area contributed by atoms with Crippen molar-refractivity contribution in [3.8, 4) is 5.69 Å². The molecule has 1 unspecified atom stereocenters. The van der Waals surface area contributed by atoms with Gasteiger partial charge < -0.3 is 5.32 Å². The zero-order valence-electron chi connectivity index (χ0n) is 14.6. The van der Waals surface area contributed by atoms with E-state index in [1.54, 1.807) is 10.9 Å². The van der Waals surface area contributed by atoms with Gasteiger partial charge in [-0.3, -0.25) is 4.79 Å². The number of hydrogen-bond donors (Lipinski definition) is 1. The van der Waals surface area contributed by atoms with Crippen molar-refractivity contribution in [1.82, 2.24) is 20.3 Å². The van der Waals surface area contributed by atoms with Gasteiger partial charge in [0.2, 0.25) is 0 Å². The molecule has 1 aliphatic carbocycles. The minimum Gasteiger partial charge on any atom is -0.344 e. The first-order chi connectivity index (χ1) is 12.8. The fourth-order valence-corrected chi connectivity index (χ4v) is 3.71. The standard InChI is InChI=1S/C21H22N4O/c26-21(19-15-25(24-23-19)18-13-5-2-6-14-18)22-20(17-11-7-8-12-17)16-9-3-1-4-10-16/h1-6,9-10,13-15,17,20H,7-8,11-12H2,(H,22,26). The first-order valence-corrected chi connectivity index (χ1v) is 9.15. The number of rotatable bonds is 5. The van der Waals surface area contributed by atoms with E-state index in [2.05, 4.69) is 27.8 Å². The smallest absolute Gasteiger partial charge is 0.273 e. The molecule has 2 aromatic carbocycles. The summed E-state index contributed by atoms with van der Waals surface area (Å²) in [7, 11) is 0. The molecule has 1 aliphatic rings. The van der Waals surface area contributed by atoms with Gasteiger partial charge in [-0.25, -0.2) is 4.68 Å². The van der Waals surface area contributed by atoms with Crippen molar-refractivity contribution in [1.29, 1.82) is 0 Å². The summed E-state index contributed by atoms with van der Waals surface area (Å²) in [5, 5.41) is 11.4. The molecule has 26 heavy (non-hydrogen) atoms. The number of aromatic nitrogens is 3. The van der Waals surface area contributed by atoms with E-state index in [0.717, 1.165) is 24.1 Å². The maximum Gasteiger partial charge on any atom is 0.273 e. The number of nitrogens with one attached hydrogen (secondary N) is 1.